The van der Waals surface area contributed by atoms with Crippen molar-refractivity contribution in [3.63, 3.8) is 0 Å². The van der Waals surface area contributed by atoms with Gasteiger partial charge in [0.15, 0.2) is 0 Å². The second-order valence-corrected chi connectivity index (χ2v) is 10.8. The van der Waals surface area contributed by atoms with Gasteiger partial charge in [0.2, 0.25) is 5.91 Å². The molecule has 5 atom stereocenters. The van der Waals surface area contributed by atoms with E-state index in [1.807, 2.05) is 12.1 Å². The van der Waals surface area contributed by atoms with E-state index in [0.29, 0.717) is 37.2 Å². The van der Waals surface area contributed by atoms with Gasteiger partial charge in [-0.25, -0.2) is 0 Å². The normalized spacial score (nSPS) is 28.7. The fourth-order valence-corrected chi connectivity index (χ4v) is 8.14. The molecule has 1 spiro atoms. The molecule has 3 saturated heterocycles. The van der Waals surface area contributed by atoms with Crippen LogP contribution in [0.1, 0.15) is 32.6 Å². The lowest BCUT2D eigenvalue weighted by Crippen LogP contribution is -2.55. The number of amides is 2. The minimum atomic E-state index is -0.699. The van der Waals surface area contributed by atoms with Crippen molar-refractivity contribution in [2.45, 2.75) is 48.6 Å². The van der Waals surface area contributed by atoms with Gasteiger partial charge < -0.3 is 24.4 Å². The third kappa shape index (κ3) is 4.33. The highest BCUT2D eigenvalue weighted by Crippen LogP contribution is 2.66. The zero-order chi connectivity index (χ0) is 25.2. The number of thioether (sulfide) groups is 1. The molecule has 3 aliphatic rings. The summed E-state index contributed by atoms with van der Waals surface area (Å²) >= 11 is 1.63. The topological polar surface area (TPSA) is 96.4 Å². The number of anilines is 1. The smallest absolute Gasteiger partial charge is 0.310 e. The number of esters is 1. The molecular formula is C26H34N2O6S. The van der Waals surface area contributed by atoms with Gasteiger partial charge in [-0.2, -0.15) is 0 Å². The maximum absolute atomic E-state index is 14.3. The highest BCUT2D eigenvalue weighted by molar-refractivity contribution is 8.02. The quantitative estimate of drug-likeness (QED) is 0.282. The lowest BCUT2D eigenvalue weighted by molar-refractivity contribution is -0.153. The number of fused-ring (bicyclic) bond motifs is 1. The Labute approximate surface area is 210 Å². The summed E-state index contributed by atoms with van der Waals surface area (Å²) in [5, 5.41) is 9.28. The first-order valence-electron chi connectivity index (χ1n) is 12.3. The molecule has 9 heteroatoms. The maximum atomic E-state index is 14.3. The summed E-state index contributed by atoms with van der Waals surface area (Å²) in [4.78, 5) is 44.4. The lowest BCUT2D eigenvalue weighted by atomic mass is 9.71. The fraction of sp³-hybridized carbons (Fsp3) is 0.577. The molecule has 0 aliphatic carbocycles. The summed E-state index contributed by atoms with van der Waals surface area (Å²) < 4.78 is 9.96. The number of ether oxygens (including phenoxy) is 2. The van der Waals surface area contributed by atoms with Crippen molar-refractivity contribution in [1.82, 2.24) is 4.90 Å². The number of carbonyl (C=O) groups excluding carboxylic acids is 3. The molecule has 2 amide bonds. The average Bonchev–Trinajstić information content (AvgIpc) is 3.50. The van der Waals surface area contributed by atoms with Crippen molar-refractivity contribution in [3.05, 3.63) is 36.9 Å². The fourth-order valence-electron chi connectivity index (χ4n) is 5.93. The van der Waals surface area contributed by atoms with Crippen LogP contribution in [-0.4, -0.2) is 77.2 Å². The van der Waals surface area contributed by atoms with Gasteiger partial charge >= 0.3 is 5.97 Å². The molecule has 35 heavy (non-hydrogen) atoms. The Morgan fingerprint density at radius 2 is 2.06 bits per heavy atom. The second kappa shape index (κ2) is 10.6. The van der Waals surface area contributed by atoms with Crippen molar-refractivity contribution in [2.24, 2.45) is 11.8 Å². The van der Waals surface area contributed by atoms with E-state index in [1.54, 1.807) is 53.8 Å². The molecular weight excluding hydrogens is 468 g/mol. The number of nitrogens with zero attached hydrogens (tertiary/aromatic N) is 2. The summed E-state index contributed by atoms with van der Waals surface area (Å²) in [5.41, 5.74) is 0.692. The number of benzene rings is 1. The van der Waals surface area contributed by atoms with Gasteiger partial charge in [0, 0.05) is 30.6 Å². The predicted molar refractivity (Wildman–Crippen MR) is 134 cm³/mol. The molecule has 0 saturated carbocycles. The number of hydrogen-bond acceptors (Lipinski definition) is 7. The van der Waals surface area contributed by atoms with Gasteiger partial charge in [-0.05, 0) is 56.9 Å². The van der Waals surface area contributed by atoms with E-state index in [1.165, 1.54) is 0 Å². The summed E-state index contributed by atoms with van der Waals surface area (Å²) in [7, 11) is 1.59. The number of aliphatic hydroxyl groups is 1. The Bertz CT molecular complexity index is 969. The first-order chi connectivity index (χ1) is 16.9. The Morgan fingerprint density at radius 3 is 2.69 bits per heavy atom. The van der Waals surface area contributed by atoms with Crippen LogP contribution in [0, 0.1) is 11.8 Å². The molecule has 2 unspecified atom stereocenters. The minimum absolute atomic E-state index is 0.0198. The van der Waals surface area contributed by atoms with Crippen molar-refractivity contribution in [1.29, 1.82) is 0 Å². The Balaban J connectivity index is 1.73. The molecule has 4 rings (SSSR count). The molecule has 2 bridgehead atoms. The van der Waals surface area contributed by atoms with Crippen LogP contribution < -0.4 is 9.64 Å². The number of aliphatic hydroxyl groups excluding tert-OH is 1. The van der Waals surface area contributed by atoms with Gasteiger partial charge in [-0.3, -0.25) is 14.4 Å². The molecule has 8 nitrogen and oxygen atoms in total. The van der Waals surface area contributed by atoms with E-state index >= 15 is 0 Å². The Kier molecular flexibility index (Phi) is 7.76. The maximum Gasteiger partial charge on any atom is 0.310 e. The van der Waals surface area contributed by atoms with Crippen molar-refractivity contribution >= 4 is 35.2 Å². The molecule has 190 valence electrons. The summed E-state index contributed by atoms with van der Waals surface area (Å²) in [6.07, 6.45) is 4.26. The zero-order valence-corrected chi connectivity index (χ0v) is 21.2. The number of likely N-dealkylation sites (tertiary alicyclic amines) is 1. The SMILES string of the molecule is C=CCN(C(=O)C1N(CCCCO)C(=O)[C@@H]2[C@H](C(=O)OCC)[C@@H]3CCC12S3)c1ccc(OC)cc1. The van der Waals surface area contributed by atoms with Crippen LogP contribution in [-0.2, 0) is 19.1 Å². The average molecular weight is 503 g/mol. The molecule has 3 aliphatic heterocycles. The highest BCUT2D eigenvalue weighted by Gasteiger charge is 2.74. The van der Waals surface area contributed by atoms with Crippen LogP contribution >= 0.6 is 11.8 Å². The van der Waals surface area contributed by atoms with Gasteiger partial charge in [-0.1, -0.05) is 6.08 Å². The van der Waals surface area contributed by atoms with E-state index in [2.05, 4.69) is 6.58 Å². The highest BCUT2D eigenvalue weighted by atomic mass is 32.2. The van der Waals surface area contributed by atoms with E-state index in [4.69, 9.17) is 9.47 Å². The molecule has 3 heterocycles. The van der Waals surface area contributed by atoms with Crippen LogP contribution in [0.15, 0.2) is 36.9 Å². The van der Waals surface area contributed by atoms with Crippen LogP contribution in [0.25, 0.3) is 0 Å². The Hall–Kier alpha value is -2.52. The van der Waals surface area contributed by atoms with E-state index in [0.717, 1.165) is 6.42 Å². The predicted octanol–water partition coefficient (Wildman–Crippen LogP) is 2.64. The largest absolute Gasteiger partial charge is 0.497 e. The first-order valence-corrected chi connectivity index (χ1v) is 13.1. The standard InChI is InChI=1S/C26H34N2O6S/c1-4-14-27(17-8-10-18(33-3)11-9-17)24(31)22-26-13-12-19(35-26)20(25(32)34-5-2)21(26)23(30)28(22)15-6-7-16-29/h4,8-11,19-22,29H,1,5-7,12-16H2,2-3H3/t19-,20+,21-,22?,26?/m0/s1. The van der Waals surface area contributed by atoms with Gasteiger partial charge in [-0.15, -0.1) is 18.3 Å². The Morgan fingerprint density at radius 1 is 1.31 bits per heavy atom. The third-order valence-electron chi connectivity index (χ3n) is 7.36. The molecule has 3 fully saturated rings. The van der Waals surface area contributed by atoms with Gasteiger partial charge in [0.05, 0.1) is 30.3 Å². The van der Waals surface area contributed by atoms with E-state index in [-0.39, 0.29) is 42.8 Å². The minimum Gasteiger partial charge on any atom is -0.497 e. The number of carbonyl (C=O) groups is 3. The second-order valence-electron chi connectivity index (χ2n) is 9.21. The van der Waals surface area contributed by atoms with Crippen molar-refractivity contribution < 1.29 is 29.0 Å². The molecule has 1 N–H and O–H groups in total. The number of methoxy groups -OCH3 is 1. The van der Waals surface area contributed by atoms with E-state index in [9.17, 15) is 19.5 Å². The van der Waals surface area contributed by atoms with Crippen LogP contribution in [0.3, 0.4) is 0 Å². The van der Waals surface area contributed by atoms with Crippen molar-refractivity contribution in [3.8, 4) is 5.75 Å². The zero-order valence-electron chi connectivity index (χ0n) is 20.4. The number of hydrogen-bond donors (Lipinski definition) is 1. The van der Waals surface area contributed by atoms with Crippen LogP contribution in [0.2, 0.25) is 0 Å². The summed E-state index contributed by atoms with van der Waals surface area (Å²) in [5.74, 6) is -1.09. The van der Waals surface area contributed by atoms with Crippen LogP contribution in [0.4, 0.5) is 5.69 Å². The summed E-state index contributed by atoms with van der Waals surface area (Å²) in [6.45, 7) is 6.53. The summed E-state index contributed by atoms with van der Waals surface area (Å²) in [6, 6.07) is 6.54. The van der Waals surface area contributed by atoms with Crippen molar-refractivity contribution in [2.75, 3.05) is 38.3 Å². The number of unbranched alkanes of at least 4 members (excludes halogenated alkanes) is 1. The van der Waals surface area contributed by atoms with Crippen LogP contribution in [0.5, 0.6) is 5.75 Å². The molecule has 1 aromatic carbocycles. The molecule has 1 aromatic rings. The van der Waals surface area contributed by atoms with Gasteiger partial charge in [0.25, 0.3) is 5.91 Å². The molecule has 0 aromatic heterocycles. The molecule has 0 radical (unpaired) electrons. The first kappa shape index (κ1) is 25.6. The lowest BCUT2D eigenvalue weighted by Gasteiger charge is -2.37. The third-order valence-corrected chi connectivity index (χ3v) is 9.31. The van der Waals surface area contributed by atoms with E-state index < -0.39 is 22.6 Å². The number of rotatable bonds is 11. The van der Waals surface area contributed by atoms with Gasteiger partial charge in [0.1, 0.15) is 11.8 Å². The monoisotopic (exact) mass is 502 g/mol.